The Hall–Kier alpha value is -3.56. The highest BCUT2D eigenvalue weighted by Gasteiger charge is 2.38. The molecule has 0 aromatic heterocycles. The lowest BCUT2D eigenvalue weighted by molar-refractivity contribution is -0.116. The van der Waals surface area contributed by atoms with Crippen LogP contribution in [0.25, 0.3) is 10.8 Å². The molecule has 0 saturated heterocycles. The van der Waals surface area contributed by atoms with Crippen LogP contribution < -0.4 is 10.5 Å². The first kappa shape index (κ1) is 21.3. The number of ether oxygens (including phenoxy) is 2. The number of carbonyl (C=O) groups is 1. The molecule has 0 bridgehead atoms. The molecule has 3 aromatic rings. The fourth-order valence-corrected chi connectivity index (χ4v) is 5.00. The van der Waals surface area contributed by atoms with Crippen LogP contribution in [0, 0.1) is 11.3 Å². The molecule has 0 fully saturated rings. The maximum absolute atomic E-state index is 12.7. The lowest BCUT2D eigenvalue weighted by Crippen LogP contribution is -2.27. The maximum Gasteiger partial charge on any atom is 0.205 e. The zero-order chi connectivity index (χ0) is 22.9. The van der Waals surface area contributed by atoms with Gasteiger partial charge in [0.25, 0.3) is 0 Å². The van der Waals surface area contributed by atoms with E-state index in [-0.39, 0.29) is 17.2 Å². The van der Waals surface area contributed by atoms with Crippen molar-refractivity contribution in [3.8, 4) is 11.8 Å². The number of carbonyl (C=O) groups excluding carboxylic acids is 1. The third-order valence-corrected chi connectivity index (χ3v) is 6.72. The zero-order valence-electron chi connectivity index (χ0n) is 17.8. The summed E-state index contributed by atoms with van der Waals surface area (Å²) in [6.07, 6.45) is 1.82. The van der Waals surface area contributed by atoms with Crippen LogP contribution in [0.4, 0.5) is 0 Å². The highest BCUT2D eigenvalue weighted by molar-refractivity contribution is 9.10. The molecule has 0 saturated carbocycles. The Morgan fingerprint density at radius 3 is 2.70 bits per heavy atom. The van der Waals surface area contributed by atoms with Crippen molar-refractivity contribution in [2.75, 3.05) is 0 Å². The predicted octanol–water partition coefficient (Wildman–Crippen LogP) is 6.00. The predicted molar refractivity (Wildman–Crippen MR) is 129 cm³/mol. The number of nitrogens with two attached hydrogens (primary N) is 1. The van der Waals surface area contributed by atoms with Crippen LogP contribution >= 0.6 is 15.9 Å². The number of nitriles is 1. The molecule has 1 heterocycles. The molecule has 0 amide bonds. The molecule has 164 valence electrons. The average Bonchev–Trinajstić information content (AvgIpc) is 2.82. The summed E-state index contributed by atoms with van der Waals surface area (Å²) in [4.78, 5) is 12.7. The lowest BCUT2D eigenvalue weighted by Gasteiger charge is -2.31. The summed E-state index contributed by atoms with van der Waals surface area (Å²) >= 11 is 3.60. The highest BCUT2D eigenvalue weighted by atomic mass is 79.9. The van der Waals surface area contributed by atoms with E-state index in [9.17, 15) is 10.1 Å². The normalized spacial score (nSPS) is 18.1. The van der Waals surface area contributed by atoms with Gasteiger partial charge in [0.2, 0.25) is 5.88 Å². The second kappa shape index (κ2) is 8.76. The van der Waals surface area contributed by atoms with Crippen LogP contribution in [-0.2, 0) is 16.1 Å². The van der Waals surface area contributed by atoms with E-state index in [0.29, 0.717) is 36.5 Å². The Bertz CT molecular complexity index is 1380. The van der Waals surface area contributed by atoms with E-state index in [0.717, 1.165) is 22.0 Å². The van der Waals surface area contributed by atoms with Crippen LogP contribution in [-0.4, -0.2) is 5.78 Å². The van der Waals surface area contributed by atoms with Gasteiger partial charge in [0.05, 0.1) is 10.4 Å². The van der Waals surface area contributed by atoms with Crippen molar-refractivity contribution in [1.29, 1.82) is 5.26 Å². The van der Waals surface area contributed by atoms with Gasteiger partial charge >= 0.3 is 0 Å². The fraction of sp³-hybridized carbons (Fsp3) is 0.185. The van der Waals surface area contributed by atoms with Crippen LogP contribution in [0.1, 0.15) is 36.3 Å². The standard InChI is InChI=1S/C27H21BrN2O3/c28-21-13-19(25-20(14-29)27(30)33-24-7-3-6-22(31)26(24)25)10-11-23(21)32-15-16-8-9-17-4-1-2-5-18(17)12-16/h1-2,4-5,8-13,25H,3,6-7,15,30H2/t25-/m0/s1. The van der Waals surface area contributed by atoms with Crippen LogP contribution in [0.5, 0.6) is 5.75 Å². The van der Waals surface area contributed by atoms with E-state index in [1.54, 1.807) is 0 Å². The number of halogens is 1. The molecule has 5 nitrogen and oxygen atoms in total. The van der Waals surface area contributed by atoms with Gasteiger partial charge in [0, 0.05) is 18.4 Å². The molecule has 6 heteroatoms. The summed E-state index contributed by atoms with van der Waals surface area (Å²) in [7, 11) is 0. The van der Waals surface area contributed by atoms with Crippen molar-refractivity contribution in [3.63, 3.8) is 0 Å². The number of allylic oxidation sites excluding steroid dienone is 3. The van der Waals surface area contributed by atoms with E-state index >= 15 is 0 Å². The fourth-order valence-electron chi connectivity index (χ4n) is 4.49. The molecule has 0 unspecified atom stereocenters. The topological polar surface area (TPSA) is 85.3 Å². The Balaban J connectivity index is 1.42. The molecule has 33 heavy (non-hydrogen) atoms. The second-order valence-corrected chi connectivity index (χ2v) is 9.05. The second-order valence-electron chi connectivity index (χ2n) is 8.20. The molecule has 1 atom stereocenters. The van der Waals surface area contributed by atoms with Crippen molar-refractivity contribution in [2.24, 2.45) is 5.73 Å². The van der Waals surface area contributed by atoms with Crippen molar-refractivity contribution < 1.29 is 14.3 Å². The van der Waals surface area contributed by atoms with Gasteiger partial charge in [-0.2, -0.15) is 5.26 Å². The molecule has 3 aromatic carbocycles. The first-order valence-electron chi connectivity index (χ1n) is 10.8. The van der Waals surface area contributed by atoms with E-state index in [1.165, 1.54) is 10.8 Å². The molecular formula is C27H21BrN2O3. The monoisotopic (exact) mass is 500 g/mol. The quantitative estimate of drug-likeness (QED) is 0.474. The molecule has 5 rings (SSSR count). The van der Waals surface area contributed by atoms with Gasteiger partial charge < -0.3 is 15.2 Å². The number of Topliss-reactive ketones (excluding diaryl/α,β-unsaturated/α-hetero) is 1. The number of fused-ring (bicyclic) bond motifs is 1. The number of hydrogen-bond donors (Lipinski definition) is 1. The summed E-state index contributed by atoms with van der Waals surface area (Å²) in [6, 6.07) is 22.3. The average molecular weight is 501 g/mol. The molecular weight excluding hydrogens is 480 g/mol. The van der Waals surface area contributed by atoms with Gasteiger partial charge in [0.15, 0.2) is 5.78 Å². The Morgan fingerprint density at radius 1 is 1.09 bits per heavy atom. The zero-order valence-corrected chi connectivity index (χ0v) is 19.4. The summed E-state index contributed by atoms with van der Waals surface area (Å²) in [5, 5.41) is 12.1. The molecule has 0 radical (unpaired) electrons. The number of hydrogen-bond acceptors (Lipinski definition) is 5. The van der Waals surface area contributed by atoms with E-state index in [4.69, 9.17) is 15.2 Å². The first-order chi connectivity index (χ1) is 16.0. The summed E-state index contributed by atoms with van der Waals surface area (Å²) in [5.74, 6) is 0.814. The lowest BCUT2D eigenvalue weighted by atomic mass is 9.77. The van der Waals surface area contributed by atoms with Crippen LogP contribution in [0.3, 0.4) is 0 Å². The summed E-state index contributed by atoms with van der Waals surface area (Å²) in [5.41, 5.74) is 8.72. The van der Waals surface area contributed by atoms with Crippen molar-refractivity contribution >= 4 is 32.5 Å². The van der Waals surface area contributed by atoms with Gasteiger partial charge in [-0.25, -0.2) is 0 Å². The first-order valence-corrected chi connectivity index (χ1v) is 11.6. The Kier molecular flexibility index (Phi) is 5.65. The molecule has 0 spiro atoms. The Labute approximate surface area is 200 Å². The van der Waals surface area contributed by atoms with Crippen LogP contribution in [0.2, 0.25) is 0 Å². The summed E-state index contributed by atoms with van der Waals surface area (Å²) < 4.78 is 12.5. The Morgan fingerprint density at radius 2 is 1.91 bits per heavy atom. The van der Waals surface area contributed by atoms with Gasteiger partial charge in [-0.1, -0.05) is 42.5 Å². The van der Waals surface area contributed by atoms with Crippen molar-refractivity contribution in [3.05, 3.63) is 99.1 Å². The third kappa shape index (κ3) is 4.01. The van der Waals surface area contributed by atoms with Gasteiger partial charge in [0.1, 0.15) is 29.8 Å². The van der Waals surface area contributed by atoms with E-state index in [1.807, 2.05) is 30.3 Å². The number of ketones is 1. The minimum atomic E-state index is -0.530. The number of nitrogens with zero attached hydrogens (tertiary/aromatic N) is 1. The van der Waals surface area contributed by atoms with Crippen LogP contribution in [0.15, 0.2) is 87.9 Å². The summed E-state index contributed by atoms with van der Waals surface area (Å²) in [6.45, 7) is 0.421. The number of benzene rings is 3. The largest absolute Gasteiger partial charge is 0.488 e. The molecule has 2 aliphatic rings. The van der Waals surface area contributed by atoms with Crippen molar-refractivity contribution in [2.45, 2.75) is 31.8 Å². The van der Waals surface area contributed by atoms with E-state index in [2.05, 4.69) is 52.3 Å². The van der Waals surface area contributed by atoms with Gasteiger partial charge in [-0.3, -0.25) is 4.79 Å². The van der Waals surface area contributed by atoms with Crippen molar-refractivity contribution in [1.82, 2.24) is 0 Å². The van der Waals surface area contributed by atoms with E-state index < -0.39 is 5.92 Å². The van der Waals surface area contributed by atoms with Gasteiger partial charge in [-0.15, -0.1) is 0 Å². The highest BCUT2D eigenvalue weighted by Crippen LogP contribution is 2.44. The minimum Gasteiger partial charge on any atom is -0.488 e. The smallest absolute Gasteiger partial charge is 0.205 e. The third-order valence-electron chi connectivity index (χ3n) is 6.10. The number of rotatable bonds is 4. The SMILES string of the molecule is N#CC1=C(N)OC2=C(C(=O)CCC2)[C@H]1c1ccc(OCc2ccc3ccccc3c2)c(Br)c1. The minimum absolute atomic E-state index is 0.00857. The van der Waals surface area contributed by atoms with Gasteiger partial charge in [-0.05, 0) is 62.4 Å². The maximum atomic E-state index is 12.7. The molecule has 2 N–H and O–H groups in total. The molecule has 1 aliphatic heterocycles. The molecule has 1 aliphatic carbocycles.